The highest BCUT2D eigenvalue weighted by Gasteiger charge is 2.38. The largest absolute Gasteiger partial charge is 0.381 e. The van der Waals surface area contributed by atoms with Crippen molar-refractivity contribution in [2.45, 2.75) is 19.4 Å². The third kappa shape index (κ3) is 3.59. The molecule has 1 aliphatic rings. The number of primary amides is 1. The van der Waals surface area contributed by atoms with Crippen molar-refractivity contribution in [2.24, 2.45) is 16.9 Å². The predicted octanol–water partition coefficient (Wildman–Crippen LogP) is 0.157. The van der Waals surface area contributed by atoms with E-state index in [1.807, 2.05) is 6.07 Å². The molecular formula is C15H21N3O3. The molecular weight excluding hydrogens is 270 g/mol. The van der Waals surface area contributed by atoms with Crippen LogP contribution in [-0.2, 0) is 16.1 Å². The molecule has 21 heavy (non-hydrogen) atoms. The van der Waals surface area contributed by atoms with Crippen LogP contribution in [0.4, 0.5) is 0 Å². The number of hydrogen-bond acceptors (Lipinski definition) is 4. The minimum absolute atomic E-state index is 0.0576. The molecule has 0 radical (unpaired) electrons. The summed E-state index contributed by atoms with van der Waals surface area (Å²) >= 11 is 0. The molecule has 0 unspecified atom stereocenters. The van der Waals surface area contributed by atoms with Crippen molar-refractivity contribution in [3.63, 3.8) is 0 Å². The molecule has 114 valence electrons. The SMILES string of the molecule is NCC1(C(=O)NCc2cccc(C(N)=O)c2)CCOCC1. The maximum absolute atomic E-state index is 12.4. The van der Waals surface area contributed by atoms with E-state index in [-0.39, 0.29) is 5.91 Å². The summed E-state index contributed by atoms with van der Waals surface area (Å²) in [5.74, 6) is -0.538. The molecule has 2 rings (SSSR count). The Hall–Kier alpha value is -1.92. The Kier molecular flexibility index (Phi) is 4.93. The molecule has 6 nitrogen and oxygen atoms in total. The minimum atomic E-state index is -0.542. The minimum Gasteiger partial charge on any atom is -0.381 e. The van der Waals surface area contributed by atoms with E-state index < -0.39 is 11.3 Å². The second-order valence-corrected chi connectivity index (χ2v) is 5.34. The first-order valence-corrected chi connectivity index (χ1v) is 7.02. The maximum Gasteiger partial charge on any atom is 0.248 e. The fourth-order valence-electron chi connectivity index (χ4n) is 2.49. The van der Waals surface area contributed by atoms with Crippen LogP contribution in [0.5, 0.6) is 0 Å². The van der Waals surface area contributed by atoms with Crippen LogP contribution in [0.2, 0.25) is 0 Å². The van der Waals surface area contributed by atoms with Gasteiger partial charge in [-0.3, -0.25) is 9.59 Å². The first-order chi connectivity index (χ1) is 10.1. The third-order valence-electron chi connectivity index (χ3n) is 3.99. The van der Waals surface area contributed by atoms with Gasteiger partial charge in [0.1, 0.15) is 0 Å². The van der Waals surface area contributed by atoms with Crippen LogP contribution >= 0.6 is 0 Å². The number of amides is 2. The van der Waals surface area contributed by atoms with E-state index in [9.17, 15) is 9.59 Å². The lowest BCUT2D eigenvalue weighted by molar-refractivity contribution is -0.136. The summed E-state index contributed by atoms with van der Waals surface area (Å²) in [6.07, 6.45) is 1.27. The maximum atomic E-state index is 12.4. The van der Waals surface area contributed by atoms with Gasteiger partial charge in [0.05, 0.1) is 5.41 Å². The number of hydrogen-bond donors (Lipinski definition) is 3. The lowest BCUT2D eigenvalue weighted by Gasteiger charge is -2.34. The van der Waals surface area contributed by atoms with Crippen molar-refractivity contribution in [2.75, 3.05) is 19.8 Å². The van der Waals surface area contributed by atoms with Gasteiger partial charge in [-0.2, -0.15) is 0 Å². The number of ether oxygens (including phenoxy) is 1. The highest BCUT2D eigenvalue weighted by Crippen LogP contribution is 2.29. The Balaban J connectivity index is 2.00. The van der Waals surface area contributed by atoms with E-state index in [1.54, 1.807) is 18.2 Å². The molecule has 0 bridgehead atoms. The first kappa shape index (κ1) is 15.5. The van der Waals surface area contributed by atoms with Crippen LogP contribution in [0.15, 0.2) is 24.3 Å². The van der Waals surface area contributed by atoms with Crippen LogP contribution in [-0.4, -0.2) is 31.6 Å². The average Bonchev–Trinajstić information content (AvgIpc) is 2.53. The Labute approximate surface area is 123 Å². The number of nitrogens with two attached hydrogens (primary N) is 2. The number of nitrogens with one attached hydrogen (secondary N) is 1. The lowest BCUT2D eigenvalue weighted by atomic mass is 9.79. The van der Waals surface area contributed by atoms with Gasteiger partial charge in [0.15, 0.2) is 0 Å². The van der Waals surface area contributed by atoms with Crippen LogP contribution in [0, 0.1) is 5.41 Å². The summed E-state index contributed by atoms with van der Waals surface area (Å²) in [5, 5.41) is 2.90. The summed E-state index contributed by atoms with van der Waals surface area (Å²) in [7, 11) is 0. The Morgan fingerprint density at radius 1 is 1.29 bits per heavy atom. The molecule has 1 aliphatic heterocycles. The van der Waals surface area contributed by atoms with Crippen molar-refractivity contribution in [1.29, 1.82) is 0 Å². The zero-order chi connectivity index (χ0) is 15.3. The Bertz CT molecular complexity index is 525. The summed E-state index contributed by atoms with van der Waals surface area (Å²) in [5.41, 5.74) is 11.8. The van der Waals surface area contributed by atoms with Gasteiger partial charge in [-0.05, 0) is 30.5 Å². The monoisotopic (exact) mass is 291 g/mol. The Morgan fingerprint density at radius 3 is 2.62 bits per heavy atom. The van der Waals surface area contributed by atoms with Crippen molar-refractivity contribution < 1.29 is 14.3 Å². The summed E-state index contributed by atoms with van der Waals surface area (Å²) < 4.78 is 5.29. The molecule has 1 saturated heterocycles. The fourth-order valence-corrected chi connectivity index (χ4v) is 2.49. The highest BCUT2D eigenvalue weighted by atomic mass is 16.5. The predicted molar refractivity (Wildman–Crippen MR) is 78.3 cm³/mol. The third-order valence-corrected chi connectivity index (χ3v) is 3.99. The van der Waals surface area contributed by atoms with E-state index in [2.05, 4.69) is 5.32 Å². The van der Waals surface area contributed by atoms with E-state index >= 15 is 0 Å². The van der Waals surface area contributed by atoms with Crippen molar-refractivity contribution in [3.8, 4) is 0 Å². The van der Waals surface area contributed by atoms with Crippen LogP contribution in [0.25, 0.3) is 0 Å². The smallest absolute Gasteiger partial charge is 0.248 e. The van der Waals surface area contributed by atoms with Crippen LogP contribution < -0.4 is 16.8 Å². The molecule has 0 spiro atoms. The standard InChI is InChI=1S/C15H21N3O3/c16-10-15(4-6-21-7-5-15)14(20)18-9-11-2-1-3-12(8-11)13(17)19/h1-3,8H,4-7,9-10,16H2,(H2,17,19)(H,18,20). The molecule has 5 N–H and O–H groups in total. The molecule has 1 fully saturated rings. The quantitative estimate of drug-likeness (QED) is 0.718. The topological polar surface area (TPSA) is 107 Å². The average molecular weight is 291 g/mol. The van der Waals surface area contributed by atoms with Crippen molar-refractivity contribution in [1.82, 2.24) is 5.32 Å². The normalized spacial score (nSPS) is 17.2. The molecule has 1 heterocycles. The van der Waals surface area contributed by atoms with E-state index in [0.717, 1.165) is 5.56 Å². The van der Waals surface area contributed by atoms with Gasteiger partial charge in [-0.1, -0.05) is 12.1 Å². The molecule has 0 atom stereocenters. The van der Waals surface area contributed by atoms with E-state index in [1.165, 1.54) is 0 Å². The van der Waals surface area contributed by atoms with Gasteiger partial charge in [-0.15, -0.1) is 0 Å². The molecule has 0 aliphatic carbocycles. The Morgan fingerprint density at radius 2 is 2.00 bits per heavy atom. The fraction of sp³-hybridized carbons (Fsp3) is 0.467. The zero-order valence-corrected chi connectivity index (χ0v) is 11.9. The lowest BCUT2D eigenvalue weighted by Crippen LogP contribution is -2.48. The molecule has 1 aromatic carbocycles. The van der Waals surface area contributed by atoms with Gasteiger partial charge < -0.3 is 21.5 Å². The van der Waals surface area contributed by atoms with Crippen LogP contribution in [0.1, 0.15) is 28.8 Å². The van der Waals surface area contributed by atoms with Gasteiger partial charge >= 0.3 is 0 Å². The number of carbonyl (C=O) groups is 2. The summed E-state index contributed by atoms with van der Waals surface area (Å²) in [4.78, 5) is 23.5. The summed E-state index contributed by atoms with van der Waals surface area (Å²) in [6.45, 7) is 1.77. The molecule has 6 heteroatoms. The van der Waals surface area contributed by atoms with Gasteiger partial charge in [-0.25, -0.2) is 0 Å². The van der Waals surface area contributed by atoms with Crippen LogP contribution in [0.3, 0.4) is 0 Å². The van der Waals surface area contributed by atoms with Crippen molar-refractivity contribution in [3.05, 3.63) is 35.4 Å². The van der Waals surface area contributed by atoms with Gasteiger partial charge in [0, 0.05) is 31.9 Å². The zero-order valence-electron chi connectivity index (χ0n) is 11.9. The number of benzene rings is 1. The molecule has 0 saturated carbocycles. The highest BCUT2D eigenvalue weighted by molar-refractivity contribution is 5.92. The van der Waals surface area contributed by atoms with Gasteiger partial charge in [0.2, 0.25) is 11.8 Å². The number of rotatable bonds is 5. The van der Waals surface area contributed by atoms with Crippen molar-refractivity contribution >= 4 is 11.8 Å². The number of carbonyl (C=O) groups excluding carboxylic acids is 2. The van der Waals surface area contributed by atoms with Gasteiger partial charge in [0.25, 0.3) is 0 Å². The van der Waals surface area contributed by atoms with E-state index in [4.69, 9.17) is 16.2 Å². The second kappa shape index (κ2) is 6.69. The second-order valence-electron chi connectivity index (χ2n) is 5.34. The molecule has 0 aromatic heterocycles. The first-order valence-electron chi connectivity index (χ1n) is 7.02. The van der Waals surface area contributed by atoms with E-state index in [0.29, 0.717) is 44.7 Å². The molecule has 1 aromatic rings. The molecule has 2 amide bonds. The summed E-state index contributed by atoms with van der Waals surface area (Å²) in [6, 6.07) is 6.91.